The van der Waals surface area contributed by atoms with E-state index in [-0.39, 0.29) is 6.04 Å². The van der Waals surface area contributed by atoms with Crippen LogP contribution in [0.15, 0.2) is 42.7 Å². The van der Waals surface area contributed by atoms with Crippen molar-refractivity contribution in [1.29, 1.82) is 0 Å². The summed E-state index contributed by atoms with van der Waals surface area (Å²) in [5.74, 6) is 6.32. The molecule has 0 aliphatic heterocycles. The van der Waals surface area contributed by atoms with Crippen LogP contribution in [0.2, 0.25) is 0 Å². The number of para-hydroxylation sites is 1. The van der Waals surface area contributed by atoms with Crippen molar-refractivity contribution in [2.24, 2.45) is 12.9 Å². The van der Waals surface area contributed by atoms with E-state index in [1.54, 1.807) is 24.1 Å². The number of aromatic nitrogens is 3. The molecule has 1 aromatic carbocycles. The Morgan fingerprint density at radius 1 is 1.20 bits per heavy atom. The van der Waals surface area contributed by atoms with Crippen LogP contribution < -0.4 is 17.0 Å². The number of hydrazine groups is 1. The van der Waals surface area contributed by atoms with Crippen molar-refractivity contribution in [3.05, 3.63) is 53.9 Å². The molecule has 0 radical (unpaired) electrons. The molecular weight excluding hydrogens is 252 g/mol. The predicted molar refractivity (Wildman–Crippen MR) is 78.5 cm³/mol. The van der Waals surface area contributed by atoms with Gasteiger partial charge in [0.05, 0.1) is 17.8 Å². The number of nitrogens with zero attached hydrogens (tertiary/aromatic N) is 3. The standard InChI is InChI=1S/C14H16N6/c1-20-14(15)11(8-18-20)13(19-16)10-6-2-4-9-5-3-7-17-12(9)10/h2-8,13,19H,15-16H2,1H3. The van der Waals surface area contributed by atoms with Gasteiger partial charge in [0.1, 0.15) is 5.82 Å². The van der Waals surface area contributed by atoms with Crippen LogP contribution in [0.1, 0.15) is 17.2 Å². The lowest BCUT2D eigenvalue weighted by molar-refractivity contribution is 0.641. The molecule has 3 rings (SSSR count). The van der Waals surface area contributed by atoms with Crippen LogP contribution >= 0.6 is 0 Å². The lowest BCUT2D eigenvalue weighted by atomic mass is 9.98. The van der Waals surface area contributed by atoms with Gasteiger partial charge in [0, 0.05) is 29.8 Å². The molecule has 1 unspecified atom stereocenters. The molecule has 2 heterocycles. The maximum Gasteiger partial charge on any atom is 0.126 e. The first-order valence-electron chi connectivity index (χ1n) is 6.29. The Morgan fingerprint density at radius 3 is 2.70 bits per heavy atom. The Labute approximate surface area is 116 Å². The highest BCUT2D eigenvalue weighted by Crippen LogP contribution is 2.29. The van der Waals surface area contributed by atoms with Crippen LogP contribution in [0, 0.1) is 0 Å². The first kappa shape index (κ1) is 12.6. The first-order valence-corrected chi connectivity index (χ1v) is 6.29. The van der Waals surface area contributed by atoms with Gasteiger partial charge in [0.15, 0.2) is 0 Å². The highest BCUT2D eigenvalue weighted by Gasteiger charge is 2.20. The second-order valence-electron chi connectivity index (χ2n) is 4.63. The summed E-state index contributed by atoms with van der Waals surface area (Å²) in [6.07, 6.45) is 3.49. The van der Waals surface area contributed by atoms with Gasteiger partial charge in [-0.2, -0.15) is 5.10 Å². The molecule has 0 saturated heterocycles. The summed E-state index contributed by atoms with van der Waals surface area (Å²) < 4.78 is 1.62. The summed E-state index contributed by atoms with van der Waals surface area (Å²) >= 11 is 0. The number of pyridine rings is 1. The highest BCUT2D eigenvalue weighted by molar-refractivity contribution is 5.82. The maximum absolute atomic E-state index is 6.04. The number of nitrogen functional groups attached to an aromatic ring is 1. The summed E-state index contributed by atoms with van der Waals surface area (Å²) in [5, 5.41) is 5.23. The topological polar surface area (TPSA) is 94.8 Å². The van der Waals surface area contributed by atoms with E-state index in [2.05, 4.69) is 15.5 Å². The van der Waals surface area contributed by atoms with E-state index >= 15 is 0 Å². The largest absolute Gasteiger partial charge is 0.384 e. The van der Waals surface area contributed by atoms with Crippen molar-refractivity contribution in [3.8, 4) is 0 Å². The number of rotatable bonds is 3. The van der Waals surface area contributed by atoms with Crippen LogP contribution in [-0.2, 0) is 7.05 Å². The van der Waals surface area contributed by atoms with Gasteiger partial charge in [0.2, 0.25) is 0 Å². The minimum absolute atomic E-state index is 0.248. The number of hydrogen-bond acceptors (Lipinski definition) is 5. The van der Waals surface area contributed by atoms with Crippen molar-refractivity contribution in [3.63, 3.8) is 0 Å². The molecule has 6 nitrogen and oxygen atoms in total. The van der Waals surface area contributed by atoms with E-state index in [0.29, 0.717) is 5.82 Å². The van der Waals surface area contributed by atoms with E-state index in [1.165, 1.54) is 0 Å². The summed E-state index contributed by atoms with van der Waals surface area (Å²) in [7, 11) is 1.80. The van der Waals surface area contributed by atoms with Crippen molar-refractivity contribution >= 4 is 16.7 Å². The van der Waals surface area contributed by atoms with E-state index in [4.69, 9.17) is 11.6 Å². The van der Waals surface area contributed by atoms with Gasteiger partial charge in [-0.05, 0) is 6.07 Å². The second kappa shape index (κ2) is 4.92. The minimum Gasteiger partial charge on any atom is -0.384 e. The van der Waals surface area contributed by atoms with Crippen molar-refractivity contribution in [2.45, 2.75) is 6.04 Å². The van der Waals surface area contributed by atoms with Gasteiger partial charge in [0.25, 0.3) is 0 Å². The van der Waals surface area contributed by atoms with Crippen molar-refractivity contribution < 1.29 is 0 Å². The number of nitrogens with one attached hydrogen (secondary N) is 1. The fourth-order valence-corrected chi connectivity index (χ4v) is 2.39. The van der Waals surface area contributed by atoms with Gasteiger partial charge in [-0.1, -0.05) is 24.3 Å². The second-order valence-corrected chi connectivity index (χ2v) is 4.63. The highest BCUT2D eigenvalue weighted by atomic mass is 15.3. The summed E-state index contributed by atoms with van der Waals surface area (Å²) in [6, 6.07) is 9.68. The number of aryl methyl sites for hydroxylation is 1. The smallest absolute Gasteiger partial charge is 0.126 e. The first-order chi connectivity index (χ1) is 9.72. The zero-order chi connectivity index (χ0) is 14.1. The van der Waals surface area contributed by atoms with Crippen LogP contribution in [-0.4, -0.2) is 14.8 Å². The van der Waals surface area contributed by atoms with Crippen LogP contribution in [0.5, 0.6) is 0 Å². The van der Waals surface area contributed by atoms with Gasteiger partial charge in [-0.15, -0.1) is 0 Å². The van der Waals surface area contributed by atoms with Crippen molar-refractivity contribution in [1.82, 2.24) is 20.2 Å². The molecule has 0 fully saturated rings. The third-order valence-electron chi connectivity index (χ3n) is 3.47. The van der Waals surface area contributed by atoms with Crippen molar-refractivity contribution in [2.75, 3.05) is 5.73 Å². The Kier molecular flexibility index (Phi) is 3.09. The lowest BCUT2D eigenvalue weighted by Gasteiger charge is -2.17. The number of anilines is 1. The molecule has 3 aromatic rings. The Balaban J connectivity index is 2.19. The average Bonchev–Trinajstić information content (AvgIpc) is 2.81. The molecule has 5 N–H and O–H groups in total. The third-order valence-corrected chi connectivity index (χ3v) is 3.47. The van der Waals surface area contributed by atoms with Gasteiger partial charge < -0.3 is 5.73 Å². The predicted octanol–water partition coefficient (Wildman–Crippen LogP) is 1.10. The molecule has 0 bridgehead atoms. The fourth-order valence-electron chi connectivity index (χ4n) is 2.39. The molecule has 20 heavy (non-hydrogen) atoms. The zero-order valence-corrected chi connectivity index (χ0v) is 11.1. The minimum atomic E-state index is -0.248. The van der Waals surface area contributed by atoms with Gasteiger partial charge in [-0.25, -0.2) is 5.43 Å². The van der Waals surface area contributed by atoms with E-state index < -0.39 is 0 Å². The average molecular weight is 268 g/mol. The normalized spacial score (nSPS) is 12.7. The molecule has 1 atom stereocenters. The summed E-state index contributed by atoms with van der Waals surface area (Å²) in [5.41, 5.74) is 11.6. The third kappa shape index (κ3) is 1.91. The monoisotopic (exact) mass is 268 g/mol. The molecule has 6 heteroatoms. The van der Waals surface area contributed by atoms with E-state index in [0.717, 1.165) is 22.0 Å². The quantitative estimate of drug-likeness (QED) is 0.488. The molecule has 0 spiro atoms. The molecule has 0 saturated carbocycles. The number of hydrogen-bond donors (Lipinski definition) is 3. The fraction of sp³-hybridized carbons (Fsp3) is 0.143. The molecular formula is C14H16N6. The van der Waals surface area contributed by atoms with E-state index in [1.807, 2.05) is 30.3 Å². The molecule has 2 aromatic heterocycles. The van der Waals surface area contributed by atoms with Crippen LogP contribution in [0.4, 0.5) is 5.82 Å². The molecule has 102 valence electrons. The number of benzene rings is 1. The summed E-state index contributed by atoms with van der Waals surface area (Å²) in [4.78, 5) is 4.45. The maximum atomic E-state index is 6.04. The van der Waals surface area contributed by atoms with E-state index in [9.17, 15) is 0 Å². The Morgan fingerprint density at radius 2 is 2.00 bits per heavy atom. The number of fused-ring (bicyclic) bond motifs is 1. The van der Waals surface area contributed by atoms with Crippen LogP contribution in [0.25, 0.3) is 10.9 Å². The number of nitrogens with two attached hydrogens (primary N) is 2. The van der Waals surface area contributed by atoms with Gasteiger partial charge in [-0.3, -0.25) is 15.5 Å². The molecule has 0 aliphatic rings. The zero-order valence-electron chi connectivity index (χ0n) is 11.1. The lowest BCUT2D eigenvalue weighted by Crippen LogP contribution is -2.29. The Hall–Kier alpha value is -2.44. The Bertz CT molecular complexity index is 743. The molecule has 0 amide bonds. The van der Waals surface area contributed by atoms with Gasteiger partial charge >= 0.3 is 0 Å². The SMILES string of the molecule is Cn1ncc(C(NN)c2cccc3cccnc23)c1N. The van der Waals surface area contributed by atoms with Crippen LogP contribution in [0.3, 0.4) is 0 Å². The summed E-state index contributed by atoms with van der Waals surface area (Å²) in [6.45, 7) is 0. The molecule has 0 aliphatic carbocycles.